The molecule has 0 amide bonds. The molecule has 0 aliphatic carbocycles. The molecule has 10 heteroatoms. The minimum absolute atomic E-state index is 0.0776. The van der Waals surface area contributed by atoms with Crippen molar-refractivity contribution in [3.05, 3.63) is 65.6 Å². The van der Waals surface area contributed by atoms with Gasteiger partial charge in [0.2, 0.25) is 0 Å². The van der Waals surface area contributed by atoms with Crippen LogP contribution >= 0.6 is 11.8 Å². The number of fused-ring (bicyclic) bond motifs is 1. The Morgan fingerprint density at radius 1 is 1.21 bits per heavy atom. The van der Waals surface area contributed by atoms with Gasteiger partial charge in [-0.15, -0.1) is 11.8 Å². The number of carboxylic acid groups (broad SMARTS) is 1. The molecule has 38 heavy (non-hydrogen) atoms. The molecule has 0 radical (unpaired) electrons. The molecule has 0 saturated carbocycles. The number of methoxy groups -OCH3 is 1. The summed E-state index contributed by atoms with van der Waals surface area (Å²) >= 11 is 1.24. The van der Waals surface area contributed by atoms with Gasteiger partial charge < -0.3 is 25.3 Å². The zero-order valence-corrected chi connectivity index (χ0v) is 22.0. The van der Waals surface area contributed by atoms with Crippen LogP contribution < -0.4 is 15.6 Å². The Bertz CT molecular complexity index is 1280. The number of aliphatic carboxylic acids is 1. The number of nitrogens with two attached hydrogens (primary N) is 1. The number of halogens is 3. The molecule has 6 nitrogen and oxygen atoms in total. The molecule has 3 atom stereocenters. The minimum atomic E-state index is -1.11. The first kappa shape index (κ1) is 28.2. The van der Waals surface area contributed by atoms with Crippen molar-refractivity contribution in [2.45, 2.75) is 36.6 Å². The molecule has 0 bridgehead atoms. The largest absolute Gasteiger partial charge is 0.550 e. The van der Waals surface area contributed by atoms with Crippen LogP contribution in [-0.2, 0) is 4.79 Å². The number of thioether (sulfide) groups is 1. The monoisotopic (exact) mass is 546 g/mol. The molecule has 0 spiro atoms. The number of nitrogens with zero attached hydrogens (tertiary/aromatic N) is 2. The highest BCUT2D eigenvalue weighted by Gasteiger charge is 2.30. The van der Waals surface area contributed by atoms with Crippen LogP contribution in [0.2, 0.25) is 0 Å². The summed E-state index contributed by atoms with van der Waals surface area (Å²) in [5.41, 5.74) is 7.48. The van der Waals surface area contributed by atoms with Crippen molar-refractivity contribution in [1.82, 2.24) is 9.88 Å². The van der Waals surface area contributed by atoms with Crippen molar-refractivity contribution in [3.63, 3.8) is 0 Å². The van der Waals surface area contributed by atoms with Crippen LogP contribution in [0.15, 0.2) is 47.5 Å². The van der Waals surface area contributed by atoms with E-state index in [4.69, 9.17) is 10.5 Å². The van der Waals surface area contributed by atoms with Crippen LogP contribution in [0.1, 0.15) is 37.3 Å². The molecule has 4 rings (SSSR count). The number of likely N-dealkylation sites (tertiary alicyclic amines) is 1. The maximum absolute atomic E-state index is 14.8. The van der Waals surface area contributed by atoms with Crippen molar-refractivity contribution >= 4 is 28.6 Å². The van der Waals surface area contributed by atoms with Crippen molar-refractivity contribution in [3.8, 4) is 5.75 Å². The minimum Gasteiger partial charge on any atom is -0.550 e. The number of benzene rings is 2. The average Bonchev–Trinajstić information content (AvgIpc) is 2.89. The summed E-state index contributed by atoms with van der Waals surface area (Å²) in [6.45, 7) is 1.93. The lowest BCUT2D eigenvalue weighted by atomic mass is 9.79. The maximum atomic E-state index is 14.8. The zero-order valence-electron chi connectivity index (χ0n) is 21.2. The molecule has 1 fully saturated rings. The van der Waals surface area contributed by atoms with E-state index in [0.29, 0.717) is 53.9 Å². The van der Waals surface area contributed by atoms with Gasteiger partial charge in [-0.1, -0.05) is 0 Å². The van der Waals surface area contributed by atoms with Gasteiger partial charge in [-0.2, -0.15) is 0 Å². The standard InChI is InChI=1S/C28H32F3N3O3S/c1-37-20-4-7-25-21(14-20)28(23(31)15-33-25)24(32)6-2-17-8-9-34(16-18(17)12-27(35)36)10-11-38-26-13-19(29)3-5-22(26)30/h3-5,7,13-15,17-18,24H,2,6,8-12,16,32H2,1H3,(H,35,36)/p-1. The lowest BCUT2D eigenvalue weighted by molar-refractivity contribution is -0.307. The van der Waals surface area contributed by atoms with E-state index in [1.165, 1.54) is 31.1 Å². The van der Waals surface area contributed by atoms with Gasteiger partial charge in [-0.3, -0.25) is 4.98 Å². The molecule has 3 aromatic rings. The molecule has 3 unspecified atom stereocenters. The van der Waals surface area contributed by atoms with Gasteiger partial charge in [0.25, 0.3) is 0 Å². The molecular formula is C28H31F3N3O3S-. The van der Waals surface area contributed by atoms with E-state index in [-0.39, 0.29) is 23.2 Å². The Balaban J connectivity index is 1.38. The molecular weight excluding hydrogens is 515 g/mol. The highest BCUT2D eigenvalue weighted by molar-refractivity contribution is 7.99. The normalized spacial score (nSPS) is 19.0. The molecule has 1 aliphatic rings. The third-order valence-electron chi connectivity index (χ3n) is 7.25. The fraction of sp³-hybridized carbons (Fsp3) is 0.429. The number of hydrogen-bond donors (Lipinski definition) is 1. The van der Waals surface area contributed by atoms with Crippen molar-refractivity contribution in [2.75, 3.05) is 32.5 Å². The van der Waals surface area contributed by atoms with Crippen molar-refractivity contribution in [1.29, 1.82) is 0 Å². The molecule has 2 heterocycles. The van der Waals surface area contributed by atoms with E-state index in [1.807, 2.05) is 0 Å². The number of hydrogen-bond acceptors (Lipinski definition) is 7. The lowest BCUT2D eigenvalue weighted by Crippen LogP contribution is -2.43. The Labute approximate surface area is 224 Å². The summed E-state index contributed by atoms with van der Waals surface area (Å²) in [5, 5.41) is 12.1. The fourth-order valence-electron chi connectivity index (χ4n) is 5.27. The SMILES string of the molecule is COc1ccc2ncc(F)c(C(N)CCC3CCN(CCSc4cc(F)ccc4F)CC3CC(=O)[O-])c2c1. The Hall–Kier alpha value is -2.82. The van der Waals surface area contributed by atoms with Crippen molar-refractivity contribution in [2.24, 2.45) is 17.6 Å². The maximum Gasteiger partial charge on any atom is 0.146 e. The summed E-state index contributed by atoms with van der Waals surface area (Å²) < 4.78 is 47.4. The summed E-state index contributed by atoms with van der Waals surface area (Å²) in [4.78, 5) is 18.1. The van der Waals surface area contributed by atoms with Crippen LogP contribution in [0.25, 0.3) is 10.9 Å². The number of pyridine rings is 1. The Morgan fingerprint density at radius 3 is 2.79 bits per heavy atom. The molecule has 1 aromatic heterocycles. The smallest absolute Gasteiger partial charge is 0.146 e. The van der Waals surface area contributed by atoms with Crippen LogP contribution in [0, 0.1) is 29.3 Å². The molecule has 204 valence electrons. The molecule has 2 aromatic carbocycles. The van der Waals surface area contributed by atoms with E-state index >= 15 is 0 Å². The second-order valence-corrected chi connectivity index (χ2v) is 10.8. The summed E-state index contributed by atoms with van der Waals surface area (Å²) in [6, 6.07) is 8.03. The number of piperidine rings is 1. The van der Waals surface area contributed by atoms with Gasteiger partial charge >= 0.3 is 0 Å². The predicted octanol–water partition coefficient (Wildman–Crippen LogP) is 4.31. The fourth-order valence-corrected chi connectivity index (χ4v) is 6.24. The van der Waals surface area contributed by atoms with Gasteiger partial charge in [0.05, 0.1) is 18.8 Å². The van der Waals surface area contributed by atoms with E-state index in [9.17, 15) is 23.1 Å². The van der Waals surface area contributed by atoms with Crippen LogP contribution in [0.4, 0.5) is 13.2 Å². The number of rotatable bonds is 11. The van der Waals surface area contributed by atoms with Gasteiger partial charge in [-0.25, -0.2) is 13.2 Å². The third kappa shape index (κ3) is 6.98. The van der Waals surface area contributed by atoms with E-state index in [1.54, 1.807) is 18.2 Å². The summed E-state index contributed by atoms with van der Waals surface area (Å²) in [6.07, 6.45) is 2.98. The van der Waals surface area contributed by atoms with Crippen LogP contribution in [0.3, 0.4) is 0 Å². The molecule has 1 aliphatic heterocycles. The average molecular weight is 547 g/mol. The van der Waals surface area contributed by atoms with Crippen molar-refractivity contribution < 1.29 is 27.8 Å². The van der Waals surface area contributed by atoms with E-state index in [0.717, 1.165) is 25.1 Å². The van der Waals surface area contributed by atoms with Gasteiger partial charge in [-0.05, 0) is 80.5 Å². The van der Waals surface area contributed by atoms with E-state index < -0.39 is 29.5 Å². The zero-order chi connectivity index (χ0) is 27.2. The topological polar surface area (TPSA) is 91.5 Å². The number of aromatic nitrogens is 1. The number of carbonyl (C=O) groups is 1. The molecule has 2 N–H and O–H groups in total. The first-order valence-corrected chi connectivity index (χ1v) is 13.6. The Kier molecular flexibility index (Phi) is 9.51. The first-order chi connectivity index (χ1) is 18.2. The Morgan fingerprint density at radius 2 is 2.03 bits per heavy atom. The summed E-state index contributed by atoms with van der Waals surface area (Å²) in [7, 11) is 1.54. The second-order valence-electron chi connectivity index (χ2n) is 9.70. The van der Waals surface area contributed by atoms with Crippen LogP contribution in [0.5, 0.6) is 5.75 Å². The quantitative estimate of drug-likeness (QED) is 0.359. The lowest BCUT2D eigenvalue weighted by Gasteiger charge is -2.39. The number of ether oxygens (including phenoxy) is 1. The number of carboxylic acids is 1. The first-order valence-electron chi connectivity index (χ1n) is 12.6. The second kappa shape index (κ2) is 12.8. The summed E-state index contributed by atoms with van der Waals surface area (Å²) in [5.74, 6) is -1.46. The highest BCUT2D eigenvalue weighted by Crippen LogP contribution is 2.35. The van der Waals surface area contributed by atoms with Gasteiger partial charge in [0.1, 0.15) is 23.2 Å². The van der Waals surface area contributed by atoms with E-state index in [2.05, 4.69) is 9.88 Å². The highest BCUT2D eigenvalue weighted by atomic mass is 32.2. The third-order valence-corrected chi connectivity index (χ3v) is 8.26. The van der Waals surface area contributed by atoms with Crippen LogP contribution in [-0.4, -0.2) is 48.4 Å². The number of carbonyl (C=O) groups excluding carboxylic acids is 1. The predicted molar refractivity (Wildman–Crippen MR) is 139 cm³/mol. The van der Waals surface area contributed by atoms with Gasteiger partial charge in [0, 0.05) is 46.7 Å². The molecule has 1 saturated heterocycles. The van der Waals surface area contributed by atoms with Gasteiger partial charge in [0.15, 0.2) is 0 Å².